The number of nitrogens with zero attached hydrogens (tertiary/aromatic N) is 2. The zero-order valence-corrected chi connectivity index (χ0v) is 17.1. The zero-order chi connectivity index (χ0) is 22.4. The summed E-state index contributed by atoms with van der Waals surface area (Å²) in [4.78, 5) is 35.1. The molecule has 2 amide bonds. The molecule has 0 unspecified atom stereocenters. The Kier molecular flexibility index (Phi) is 6.74. The third-order valence-electron chi connectivity index (χ3n) is 4.32. The van der Waals surface area contributed by atoms with Crippen LogP contribution in [0.15, 0.2) is 77.9 Å². The van der Waals surface area contributed by atoms with Crippen molar-refractivity contribution in [3.63, 3.8) is 0 Å². The molecular weight excluding hydrogens is 420 g/mol. The summed E-state index contributed by atoms with van der Waals surface area (Å²) in [5.74, 6) is -0.994. The molecule has 3 rings (SSSR count). The van der Waals surface area contributed by atoms with E-state index in [9.17, 15) is 19.7 Å². The molecule has 3 aromatic rings. The molecule has 0 heterocycles. The third kappa shape index (κ3) is 5.52. The van der Waals surface area contributed by atoms with Gasteiger partial charge in [-0.2, -0.15) is 5.10 Å². The number of nitro groups is 1. The van der Waals surface area contributed by atoms with Crippen LogP contribution in [-0.4, -0.2) is 22.4 Å². The van der Waals surface area contributed by atoms with E-state index in [1.807, 2.05) is 0 Å². The molecule has 2 N–H and O–H groups in total. The standard InChI is InChI=1S/C22H17ClN4O4/c1-14(25-26-22(29)19-7-2-3-8-20(19)27(30)31)16-5-4-6-18(13-16)24-21(28)15-9-11-17(23)12-10-15/h2-13H,1H3,(H,24,28)(H,26,29)/b25-14-. The lowest BCUT2D eigenvalue weighted by atomic mass is 10.1. The van der Waals surface area contributed by atoms with E-state index < -0.39 is 10.8 Å². The van der Waals surface area contributed by atoms with Crippen LogP contribution in [-0.2, 0) is 0 Å². The van der Waals surface area contributed by atoms with Gasteiger partial charge in [-0.15, -0.1) is 0 Å². The molecular formula is C22H17ClN4O4. The number of hydrazone groups is 1. The smallest absolute Gasteiger partial charge is 0.282 e. The number of nitro benzene ring substituents is 1. The van der Waals surface area contributed by atoms with Gasteiger partial charge >= 0.3 is 0 Å². The number of carbonyl (C=O) groups is 2. The van der Waals surface area contributed by atoms with Crippen LogP contribution in [0.25, 0.3) is 0 Å². The largest absolute Gasteiger partial charge is 0.322 e. The summed E-state index contributed by atoms with van der Waals surface area (Å²) in [5.41, 5.74) is 4.03. The normalized spacial score (nSPS) is 11.0. The first-order valence-electron chi connectivity index (χ1n) is 9.10. The van der Waals surface area contributed by atoms with Gasteiger partial charge in [0.2, 0.25) is 0 Å². The summed E-state index contributed by atoms with van der Waals surface area (Å²) < 4.78 is 0. The van der Waals surface area contributed by atoms with Crippen molar-refractivity contribution >= 4 is 40.5 Å². The molecule has 156 valence electrons. The first-order chi connectivity index (χ1) is 14.8. The maximum Gasteiger partial charge on any atom is 0.282 e. The summed E-state index contributed by atoms with van der Waals surface area (Å²) in [6.07, 6.45) is 0. The average Bonchev–Trinajstić information content (AvgIpc) is 2.77. The van der Waals surface area contributed by atoms with E-state index in [1.165, 1.54) is 24.3 Å². The van der Waals surface area contributed by atoms with Crippen LogP contribution in [0.4, 0.5) is 11.4 Å². The molecule has 0 atom stereocenters. The van der Waals surface area contributed by atoms with Gasteiger partial charge < -0.3 is 5.32 Å². The molecule has 0 aliphatic heterocycles. The lowest BCUT2D eigenvalue weighted by Crippen LogP contribution is -2.20. The minimum atomic E-state index is -0.696. The minimum absolute atomic E-state index is 0.0898. The van der Waals surface area contributed by atoms with E-state index in [0.29, 0.717) is 27.5 Å². The highest BCUT2D eigenvalue weighted by molar-refractivity contribution is 6.30. The van der Waals surface area contributed by atoms with Gasteiger partial charge in [-0.25, -0.2) is 5.43 Å². The molecule has 0 spiro atoms. The van der Waals surface area contributed by atoms with Crippen molar-refractivity contribution in [2.75, 3.05) is 5.32 Å². The Morgan fingerprint density at radius 1 is 0.935 bits per heavy atom. The summed E-state index contributed by atoms with van der Waals surface area (Å²) in [7, 11) is 0. The van der Waals surface area contributed by atoms with Crippen molar-refractivity contribution in [1.29, 1.82) is 0 Å². The molecule has 0 radical (unpaired) electrons. The molecule has 0 saturated heterocycles. The van der Waals surface area contributed by atoms with Crippen LogP contribution in [0.5, 0.6) is 0 Å². The quantitative estimate of drug-likeness (QED) is 0.332. The molecule has 0 bridgehead atoms. The van der Waals surface area contributed by atoms with Gasteiger partial charge in [-0.05, 0) is 55.0 Å². The Morgan fingerprint density at radius 2 is 1.65 bits per heavy atom. The Labute approximate surface area is 182 Å². The molecule has 8 nitrogen and oxygen atoms in total. The van der Waals surface area contributed by atoms with Crippen LogP contribution in [0.3, 0.4) is 0 Å². The zero-order valence-electron chi connectivity index (χ0n) is 16.3. The predicted octanol–water partition coefficient (Wildman–Crippen LogP) is 4.65. The van der Waals surface area contributed by atoms with Crippen molar-refractivity contribution in [3.8, 4) is 0 Å². The fourth-order valence-electron chi connectivity index (χ4n) is 2.71. The number of carbonyl (C=O) groups excluding carboxylic acids is 2. The predicted molar refractivity (Wildman–Crippen MR) is 119 cm³/mol. The number of anilines is 1. The van der Waals surface area contributed by atoms with E-state index in [2.05, 4.69) is 15.8 Å². The van der Waals surface area contributed by atoms with Gasteiger partial charge in [0.25, 0.3) is 17.5 Å². The number of amides is 2. The van der Waals surface area contributed by atoms with E-state index in [1.54, 1.807) is 55.5 Å². The van der Waals surface area contributed by atoms with E-state index in [4.69, 9.17) is 11.6 Å². The molecule has 0 fully saturated rings. The molecule has 9 heteroatoms. The second kappa shape index (κ2) is 9.64. The molecule has 0 aromatic heterocycles. The lowest BCUT2D eigenvalue weighted by Gasteiger charge is -2.08. The Morgan fingerprint density at radius 3 is 2.35 bits per heavy atom. The second-order valence-electron chi connectivity index (χ2n) is 6.45. The Bertz CT molecular complexity index is 1180. The van der Waals surface area contributed by atoms with E-state index in [-0.39, 0.29) is 17.2 Å². The monoisotopic (exact) mass is 436 g/mol. The molecule has 31 heavy (non-hydrogen) atoms. The van der Waals surface area contributed by atoms with Crippen molar-refractivity contribution in [2.45, 2.75) is 6.92 Å². The number of rotatable bonds is 6. The maximum absolute atomic E-state index is 12.4. The first-order valence-corrected chi connectivity index (χ1v) is 9.48. The van der Waals surface area contributed by atoms with E-state index >= 15 is 0 Å². The van der Waals surface area contributed by atoms with Gasteiger partial charge in [-0.1, -0.05) is 35.9 Å². The summed E-state index contributed by atoms with van der Waals surface area (Å²) in [6, 6.07) is 19.0. The number of para-hydroxylation sites is 1. The fraction of sp³-hybridized carbons (Fsp3) is 0.0455. The number of hydrogen-bond donors (Lipinski definition) is 2. The Balaban J connectivity index is 1.72. The first kappa shape index (κ1) is 21.7. The summed E-state index contributed by atoms with van der Waals surface area (Å²) >= 11 is 5.84. The molecule has 0 aliphatic rings. The number of benzene rings is 3. The summed E-state index contributed by atoms with van der Waals surface area (Å²) in [5, 5.41) is 18.4. The SMILES string of the molecule is C/C(=N/NC(=O)c1ccccc1[N+](=O)[O-])c1cccc(NC(=O)c2ccc(Cl)cc2)c1. The summed E-state index contributed by atoms with van der Waals surface area (Å²) in [6.45, 7) is 1.67. The molecule has 0 saturated carbocycles. The number of nitrogens with one attached hydrogen (secondary N) is 2. The Hall–Kier alpha value is -4.04. The highest BCUT2D eigenvalue weighted by atomic mass is 35.5. The van der Waals surface area contributed by atoms with Gasteiger partial charge in [0.15, 0.2) is 0 Å². The van der Waals surface area contributed by atoms with Gasteiger partial charge in [0.1, 0.15) is 5.56 Å². The maximum atomic E-state index is 12.4. The number of halogens is 1. The lowest BCUT2D eigenvalue weighted by molar-refractivity contribution is -0.385. The molecule has 3 aromatic carbocycles. The van der Waals surface area contributed by atoms with Gasteiger partial charge in [-0.3, -0.25) is 19.7 Å². The molecule has 0 aliphatic carbocycles. The fourth-order valence-corrected chi connectivity index (χ4v) is 2.84. The topological polar surface area (TPSA) is 114 Å². The highest BCUT2D eigenvalue weighted by Gasteiger charge is 2.18. The van der Waals surface area contributed by atoms with Crippen LogP contribution in [0.2, 0.25) is 5.02 Å². The van der Waals surface area contributed by atoms with Crippen molar-refractivity contribution in [3.05, 3.63) is 105 Å². The van der Waals surface area contributed by atoms with Crippen molar-refractivity contribution in [1.82, 2.24) is 5.43 Å². The van der Waals surface area contributed by atoms with Crippen LogP contribution < -0.4 is 10.7 Å². The van der Waals surface area contributed by atoms with Crippen LogP contribution in [0, 0.1) is 10.1 Å². The second-order valence-corrected chi connectivity index (χ2v) is 6.89. The van der Waals surface area contributed by atoms with Gasteiger partial charge in [0.05, 0.1) is 10.6 Å². The minimum Gasteiger partial charge on any atom is -0.322 e. The highest BCUT2D eigenvalue weighted by Crippen LogP contribution is 2.18. The van der Waals surface area contributed by atoms with E-state index in [0.717, 1.165) is 0 Å². The number of hydrogen-bond acceptors (Lipinski definition) is 5. The van der Waals surface area contributed by atoms with Gasteiger partial charge in [0, 0.05) is 22.3 Å². The van der Waals surface area contributed by atoms with Crippen LogP contribution in [0.1, 0.15) is 33.2 Å². The van der Waals surface area contributed by atoms with Crippen molar-refractivity contribution < 1.29 is 14.5 Å². The van der Waals surface area contributed by atoms with Crippen LogP contribution >= 0.6 is 11.6 Å². The third-order valence-corrected chi connectivity index (χ3v) is 4.57. The van der Waals surface area contributed by atoms with Crippen molar-refractivity contribution in [2.24, 2.45) is 5.10 Å². The average molecular weight is 437 g/mol.